The van der Waals surface area contributed by atoms with Gasteiger partial charge in [-0.1, -0.05) is 41.9 Å². The van der Waals surface area contributed by atoms with Crippen molar-refractivity contribution in [3.8, 4) is 17.2 Å². The Kier molecular flexibility index (Phi) is 5.21. The molecule has 0 radical (unpaired) electrons. The first-order valence-electron chi connectivity index (χ1n) is 9.83. The van der Waals surface area contributed by atoms with E-state index in [9.17, 15) is 9.18 Å². The van der Waals surface area contributed by atoms with Gasteiger partial charge < -0.3 is 14.5 Å². The molecule has 158 valence electrons. The largest absolute Gasteiger partial charge is 0.484 e. The Bertz CT molecular complexity index is 1460. The van der Waals surface area contributed by atoms with Gasteiger partial charge in [0, 0.05) is 5.69 Å². The molecule has 0 aliphatic heterocycles. The van der Waals surface area contributed by atoms with E-state index in [2.05, 4.69) is 10.3 Å². The SMILES string of the molecule is O=C(COc1ccc2ccccc2c1)Nc1ccc2oc(-c3ccc(F)cc3Cl)nc2c1. The zero-order chi connectivity index (χ0) is 22.1. The first-order chi connectivity index (χ1) is 15.5. The molecule has 1 amide bonds. The second-order valence-corrected chi connectivity index (χ2v) is 7.58. The first-order valence-corrected chi connectivity index (χ1v) is 10.2. The van der Waals surface area contributed by atoms with E-state index >= 15 is 0 Å². The predicted octanol–water partition coefficient (Wildman–Crippen LogP) is 6.46. The number of anilines is 1. The van der Waals surface area contributed by atoms with Crippen LogP contribution in [0.2, 0.25) is 5.02 Å². The van der Waals surface area contributed by atoms with Gasteiger partial charge in [0.2, 0.25) is 5.89 Å². The van der Waals surface area contributed by atoms with Gasteiger partial charge in [0.25, 0.3) is 5.91 Å². The number of halogens is 2. The molecule has 0 unspecified atom stereocenters. The summed E-state index contributed by atoms with van der Waals surface area (Å²) in [5.41, 5.74) is 2.09. The van der Waals surface area contributed by atoms with E-state index in [1.807, 2.05) is 42.5 Å². The van der Waals surface area contributed by atoms with E-state index in [-0.39, 0.29) is 23.4 Å². The highest BCUT2D eigenvalue weighted by Gasteiger charge is 2.13. The minimum atomic E-state index is -0.439. The van der Waals surface area contributed by atoms with E-state index in [4.69, 9.17) is 20.8 Å². The van der Waals surface area contributed by atoms with Crippen molar-refractivity contribution in [2.24, 2.45) is 0 Å². The monoisotopic (exact) mass is 446 g/mol. The third-order valence-electron chi connectivity index (χ3n) is 4.92. The van der Waals surface area contributed by atoms with Crippen molar-refractivity contribution in [2.45, 2.75) is 0 Å². The number of nitrogens with zero attached hydrogens (tertiary/aromatic N) is 1. The first kappa shape index (κ1) is 20.0. The molecule has 0 bridgehead atoms. The van der Waals surface area contributed by atoms with Crippen LogP contribution >= 0.6 is 11.6 Å². The summed E-state index contributed by atoms with van der Waals surface area (Å²) in [5.74, 6) is 0.147. The zero-order valence-electron chi connectivity index (χ0n) is 16.6. The van der Waals surface area contributed by atoms with Gasteiger partial charge in [0.1, 0.15) is 17.1 Å². The summed E-state index contributed by atoms with van der Waals surface area (Å²) in [6.45, 7) is -0.133. The Morgan fingerprint density at radius 2 is 1.84 bits per heavy atom. The molecule has 1 N–H and O–H groups in total. The molecule has 1 aromatic heterocycles. The van der Waals surface area contributed by atoms with Gasteiger partial charge in [0.15, 0.2) is 12.2 Å². The fraction of sp³-hybridized carbons (Fsp3) is 0.0400. The molecule has 1 heterocycles. The smallest absolute Gasteiger partial charge is 0.262 e. The van der Waals surface area contributed by atoms with E-state index in [0.29, 0.717) is 28.1 Å². The maximum absolute atomic E-state index is 13.3. The second kappa shape index (κ2) is 8.32. The van der Waals surface area contributed by atoms with Crippen LogP contribution < -0.4 is 10.1 Å². The number of nitrogens with one attached hydrogen (secondary N) is 1. The average Bonchev–Trinajstić information content (AvgIpc) is 3.20. The quantitative estimate of drug-likeness (QED) is 0.336. The van der Waals surface area contributed by atoms with Gasteiger partial charge in [-0.3, -0.25) is 4.79 Å². The Morgan fingerprint density at radius 3 is 2.69 bits per heavy atom. The molecule has 0 aliphatic carbocycles. The average molecular weight is 447 g/mol. The van der Waals surface area contributed by atoms with Crippen LogP contribution in [0.4, 0.5) is 10.1 Å². The van der Waals surface area contributed by atoms with Gasteiger partial charge in [-0.05, 0) is 59.3 Å². The van der Waals surface area contributed by atoms with Gasteiger partial charge >= 0.3 is 0 Å². The number of hydrogen-bond acceptors (Lipinski definition) is 4. The Labute approximate surface area is 187 Å². The Hall–Kier alpha value is -3.90. The highest BCUT2D eigenvalue weighted by Crippen LogP contribution is 2.31. The molecular formula is C25H16ClFN2O3. The van der Waals surface area contributed by atoms with Gasteiger partial charge in [-0.2, -0.15) is 0 Å². The third-order valence-corrected chi connectivity index (χ3v) is 5.24. The number of fused-ring (bicyclic) bond motifs is 2. The summed E-state index contributed by atoms with van der Waals surface area (Å²) >= 11 is 6.10. The van der Waals surface area contributed by atoms with Crippen molar-refractivity contribution < 1.29 is 18.3 Å². The minimum absolute atomic E-state index is 0.133. The van der Waals surface area contributed by atoms with Crippen molar-refractivity contribution in [3.05, 3.63) is 89.7 Å². The van der Waals surface area contributed by atoms with E-state index in [1.165, 1.54) is 18.2 Å². The number of aromatic nitrogens is 1. The van der Waals surface area contributed by atoms with E-state index in [1.54, 1.807) is 18.2 Å². The standard InChI is InChI=1S/C25H16ClFN2O3/c26-21-12-17(27)6-9-20(21)25-29-22-13-18(7-10-23(22)32-25)28-24(30)14-31-19-8-5-15-3-1-2-4-16(15)11-19/h1-13H,14H2,(H,28,30). The van der Waals surface area contributed by atoms with Crippen LogP contribution in [0.5, 0.6) is 5.75 Å². The van der Waals surface area contributed by atoms with E-state index < -0.39 is 5.82 Å². The van der Waals surface area contributed by atoms with E-state index in [0.717, 1.165) is 10.8 Å². The molecule has 32 heavy (non-hydrogen) atoms. The number of rotatable bonds is 5. The van der Waals surface area contributed by atoms with Crippen LogP contribution in [0.25, 0.3) is 33.3 Å². The summed E-state index contributed by atoms with van der Waals surface area (Å²) in [7, 11) is 0. The lowest BCUT2D eigenvalue weighted by molar-refractivity contribution is -0.118. The summed E-state index contributed by atoms with van der Waals surface area (Å²) < 4.78 is 24.6. The van der Waals surface area contributed by atoms with Gasteiger partial charge in [0.05, 0.1) is 10.6 Å². The van der Waals surface area contributed by atoms with Crippen LogP contribution in [0.3, 0.4) is 0 Å². The van der Waals surface area contributed by atoms with Crippen molar-refractivity contribution in [2.75, 3.05) is 11.9 Å². The van der Waals surface area contributed by atoms with Crippen LogP contribution in [0.15, 0.2) is 83.3 Å². The van der Waals surface area contributed by atoms with Crippen LogP contribution in [-0.4, -0.2) is 17.5 Å². The number of amides is 1. The normalized spacial score (nSPS) is 11.1. The molecule has 7 heteroatoms. The topological polar surface area (TPSA) is 64.4 Å². The summed E-state index contributed by atoms with van der Waals surface area (Å²) in [4.78, 5) is 16.8. The van der Waals surface area contributed by atoms with Gasteiger partial charge in [-0.15, -0.1) is 0 Å². The lowest BCUT2D eigenvalue weighted by Gasteiger charge is -2.08. The number of benzene rings is 4. The Morgan fingerprint density at radius 1 is 1.00 bits per heavy atom. The van der Waals surface area contributed by atoms with Crippen LogP contribution in [-0.2, 0) is 4.79 Å². The number of ether oxygens (including phenoxy) is 1. The fourth-order valence-corrected chi connectivity index (χ4v) is 3.63. The minimum Gasteiger partial charge on any atom is -0.484 e. The molecule has 0 aliphatic rings. The van der Waals surface area contributed by atoms with Crippen molar-refractivity contribution >= 4 is 45.1 Å². The lowest BCUT2D eigenvalue weighted by Crippen LogP contribution is -2.20. The second-order valence-electron chi connectivity index (χ2n) is 7.17. The van der Waals surface area contributed by atoms with Crippen molar-refractivity contribution in [1.29, 1.82) is 0 Å². The molecule has 5 rings (SSSR count). The number of carbonyl (C=O) groups excluding carboxylic acids is 1. The summed E-state index contributed by atoms with van der Waals surface area (Å²) in [6, 6.07) is 22.7. The number of carbonyl (C=O) groups is 1. The maximum Gasteiger partial charge on any atom is 0.262 e. The Balaban J connectivity index is 1.28. The molecule has 0 saturated heterocycles. The zero-order valence-corrected chi connectivity index (χ0v) is 17.4. The van der Waals surface area contributed by atoms with Gasteiger partial charge in [-0.25, -0.2) is 9.37 Å². The molecular weight excluding hydrogens is 431 g/mol. The molecule has 0 fully saturated rings. The maximum atomic E-state index is 13.3. The predicted molar refractivity (Wildman–Crippen MR) is 122 cm³/mol. The van der Waals surface area contributed by atoms with Crippen molar-refractivity contribution in [3.63, 3.8) is 0 Å². The third kappa shape index (κ3) is 4.13. The molecule has 0 spiro atoms. The molecule has 5 aromatic rings. The number of hydrogen-bond donors (Lipinski definition) is 1. The van der Waals surface area contributed by atoms with Crippen LogP contribution in [0, 0.1) is 5.82 Å². The molecule has 4 aromatic carbocycles. The van der Waals surface area contributed by atoms with Crippen molar-refractivity contribution in [1.82, 2.24) is 4.98 Å². The number of oxazole rings is 1. The highest BCUT2D eigenvalue weighted by atomic mass is 35.5. The summed E-state index contributed by atoms with van der Waals surface area (Å²) in [5, 5.41) is 5.14. The fourth-order valence-electron chi connectivity index (χ4n) is 3.39. The molecule has 0 atom stereocenters. The van der Waals surface area contributed by atoms with Crippen LogP contribution in [0.1, 0.15) is 0 Å². The summed E-state index contributed by atoms with van der Waals surface area (Å²) in [6.07, 6.45) is 0. The lowest BCUT2D eigenvalue weighted by atomic mass is 10.1. The molecule has 5 nitrogen and oxygen atoms in total. The highest BCUT2D eigenvalue weighted by molar-refractivity contribution is 6.33. The molecule has 0 saturated carbocycles.